The molecule has 5 nitrogen and oxygen atoms in total. The Morgan fingerprint density at radius 2 is 2.00 bits per heavy atom. The largest absolute Gasteiger partial charge is 0.366 e. The van der Waals surface area contributed by atoms with E-state index in [0.29, 0.717) is 0 Å². The molecular formula is C11H8Cl2N4O. The zero-order chi connectivity index (χ0) is 13.3. The molecule has 0 aromatic carbocycles. The highest BCUT2D eigenvalue weighted by atomic mass is 35.5. The van der Waals surface area contributed by atoms with Crippen LogP contribution in [-0.4, -0.2) is 19.6 Å². The summed E-state index contributed by atoms with van der Waals surface area (Å²) in [5, 5.41) is 19.9. The Balaban J connectivity index is 2.65. The molecule has 1 N–H and O–H groups in total. The third-order valence-electron chi connectivity index (χ3n) is 2.49. The Morgan fingerprint density at radius 1 is 1.39 bits per heavy atom. The first-order valence-corrected chi connectivity index (χ1v) is 5.68. The Hall–Kier alpha value is -1.61. The molecule has 2 aromatic heterocycles. The number of aryl methyl sites for hydroxylation is 1. The number of imidazole rings is 1. The van der Waals surface area contributed by atoms with Crippen LogP contribution in [0.4, 0.5) is 0 Å². The number of nitriles is 1. The van der Waals surface area contributed by atoms with Gasteiger partial charge in [0.1, 0.15) is 16.4 Å². The van der Waals surface area contributed by atoms with Gasteiger partial charge in [0.05, 0.1) is 0 Å². The molecule has 0 aliphatic heterocycles. The van der Waals surface area contributed by atoms with Crippen LogP contribution in [0, 0.1) is 11.3 Å². The summed E-state index contributed by atoms with van der Waals surface area (Å²) in [7, 11) is 1.68. The van der Waals surface area contributed by atoms with Gasteiger partial charge in [0.25, 0.3) is 0 Å². The average molecular weight is 283 g/mol. The number of halogens is 2. The van der Waals surface area contributed by atoms with Crippen LogP contribution < -0.4 is 0 Å². The smallest absolute Gasteiger partial charge is 0.235 e. The standard InChI is InChI=1S/C11H8Cl2N4O/c1-17-3-2-15-10(17)11(18,6-14)7-4-8(12)16-9(13)5-7/h2-5,18H,1H3. The molecule has 0 saturated carbocycles. The topological polar surface area (TPSA) is 74.7 Å². The molecule has 92 valence electrons. The van der Waals surface area contributed by atoms with E-state index in [0.717, 1.165) is 0 Å². The normalized spacial score (nSPS) is 13.9. The van der Waals surface area contributed by atoms with Crippen molar-refractivity contribution in [1.82, 2.24) is 14.5 Å². The number of pyridine rings is 1. The molecule has 0 bridgehead atoms. The van der Waals surface area contributed by atoms with E-state index in [-0.39, 0.29) is 21.7 Å². The number of rotatable bonds is 2. The summed E-state index contributed by atoms with van der Waals surface area (Å²) in [6.45, 7) is 0. The molecule has 0 aliphatic carbocycles. The lowest BCUT2D eigenvalue weighted by Crippen LogP contribution is -2.29. The second kappa shape index (κ2) is 4.58. The summed E-state index contributed by atoms with van der Waals surface area (Å²) >= 11 is 11.5. The lowest BCUT2D eigenvalue weighted by atomic mass is 9.95. The van der Waals surface area contributed by atoms with Crippen LogP contribution in [0.3, 0.4) is 0 Å². The van der Waals surface area contributed by atoms with E-state index in [1.165, 1.54) is 18.3 Å². The monoisotopic (exact) mass is 282 g/mol. The summed E-state index contributed by atoms with van der Waals surface area (Å²) in [6.07, 6.45) is 3.12. The Bertz CT molecular complexity index is 614. The molecule has 2 heterocycles. The van der Waals surface area contributed by atoms with Crippen molar-refractivity contribution in [2.24, 2.45) is 7.05 Å². The molecule has 0 spiro atoms. The summed E-state index contributed by atoms with van der Waals surface area (Å²) in [6, 6.07) is 4.58. The van der Waals surface area contributed by atoms with Crippen LogP contribution in [0.1, 0.15) is 11.4 Å². The molecule has 2 aromatic rings. The van der Waals surface area contributed by atoms with Crippen LogP contribution >= 0.6 is 23.2 Å². The minimum atomic E-state index is -1.92. The maximum absolute atomic E-state index is 10.5. The van der Waals surface area contributed by atoms with Gasteiger partial charge in [-0.05, 0) is 12.1 Å². The number of aliphatic hydroxyl groups is 1. The van der Waals surface area contributed by atoms with Crippen LogP contribution in [0.25, 0.3) is 0 Å². The molecule has 1 unspecified atom stereocenters. The van der Waals surface area contributed by atoms with Gasteiger partial charge in [-0.3, -0.25) is 0 Å². The van der Waals surface area contributed by atoms with E-state index in [4.69, 9.17) is 23.2 Å². The predicted molar refractivity (Wildman–Crippen MR) is 66.1 cm³/mol. The first-order chi connectivity index (χ1) is 8.47. The highest BCUT2D eigenvalue weighted by Crippen LogP contribution is 2.30. The lowest BCUT2D eigenvalue weighted by molar-refractivity contribution is 0.129. The van der Waals surface area contributed by atoms with E-state index in [1.807, 2.05) is 6.07 Å². The quantitative estimate of drug-likeness (QED) is 0.674. The second-order valence-corrected chi connectivity index (χ2v) is 4.46. The van der Waals surface area contributed by atoms with Crippen molar-refractivity contribution in [3.05, 3.63) is 46.2 Å². The number of hydrogen-bond acceptors (Lipinski definition) is 4. The van der Waals surface area contributed by atoms with Gasteiger partial charge in [-0.25, -0.2) is 9.97 Å². The van der Waals surface area contributed by atoms with Gasteiger partial charge in [0, 0.05) is 25.0 Å². The van der Waals surface area contributed by atoms with E-state index >= 15 is 0 Å². The van der Waals surface area contributed by atoms with E-state index in [2.05, 4.69) is 9.97 Å². The molecule has 0 aliphatic rings. The predicted octanol–water partition coefficient (Wildman–Crippen LogP) is 1.88. The molecule has 18 heavy (non-hydrogen) atoms. The van der Waals surface area contributed by atoms with Gasteiger partial charge in [-0.1, -0.05) is 23.2 Å². The van der Waals surface area contributed by atoms with Crippen LogP contribution in [0.2, 0.25) is 10.3 Å². The van der Waals surface area contributed by atoms with Gasteiger partial charge >= 0.3 is 0 Å². The fourth-order valence-corrected chi connectivity index (χ4v) is 2.09. The maximum Gasteiger partial charge on any atom is 0.235 e. The van der Waals surface area contributed by atoms with Crippen molar-refractivity contribution >= 4 is 23.2 Å². The second-order valence-electron chi connectivity index (χ2n) is 3.69. The van der Waals surface area contributed by atoms with Crippen LogP contribution in [0.15, 0.2) is 24.5 Å². The fraction of sp³-hybridized carbons (Fsp3) is 0.182. The first-order valence-electron chi connectivity index (χ1n) is 4.92. The zero-order valence-corrected chi connectivity index (χ0v) is 10.8. The van der Waals surface area contributed by atoms with Gasteiger partial charge in [-0.15, -0.1) is 0 Å². The van der Waals surface area contributed by atoms with Crippen LogP contribution in [0.5, 0.6) is 0 Å². The third kappa shape index (κ3) is 2.06. The Morgan fingerprint density at radius 3 is 2.44 bits per heavy atom. The molecule has 1 atom stereocenters. The molecule has 0 fully saturated rings. The summed E-state index contributed by atoms with van der Waals surface area (Å²) in [5.41, 5.74) is -1.70. The van der Waals surface area contributed by atoms with Crippen molar-refractivity contribution in [3.8, 4) is 6.07 Å². The van der Waals surface area contributed by atoms with Crippen molar-refractivity contribution in [2.45, 2.75) is 5.60 Å². The number of nitrogens with zero attached hydrogens (tertiary/aromatic N) is 4. The van der Waals surface area contributed by atoms with E-state index in [1.54, 1.807) is 17.8 Å². The molecule has 2 rings (SSSR count). The third-order valence-corrected chi connectivity index (χ3v) is 2.87. The summed E-state index contributed by atoms with van der Waals surface area (Å²) in [4.78, 5) is 7.75. The maximum atomic E-state index is 10.5. The molecule has 7 heteroatoms. The number of aromatic nitrogens is 3. The highest BCUT2D eigenvalue weighted by Gasteiger charge is 2.36. The molecule has 0 amide bonds. The number of hydrogen-bond donors (Lipinski definition) is 1. The summed E-state index contributed by atoms with van der Waals surface area (Å²) < 4.78 is 1.55. The minimum Gasteiger partial charge on any atom is -0.366 e. The molecular weight excluding hydrogens is 275 g/mol. The SMILES string of the molecule is Cn1ccnc1C(O)(C#N)c1cc(Cl)nc(Cl)c1. The molecule has 0 radical (unpaired) electrons. The summed E-state index contributed by atoms with van der Waals surface area (Å²) in [5.74, 6) is 0.184. The Kier molecular flexibility index (Phi) is 3.26. The van der Waals surface area contributed by atoms with Crippen LogP contribution in [-0.2, 0) is 12.6 Å². The lowest BCUT2D eigenvalue weighted by Gasteiger charge is -2.20. The van der Waals surface area contributed by atoms with Crippen molar-refractivity contribution < 1.29 is 5.11 Å². The Labute approximate surface area is 113 Å². The highest BCUT2D eigenvalue weighted by molar-refractivity contribution is 6.32. The zero-order valence-electron chi connectivity index (χ0n) is 9.30. The molecule has 0 saturated heterocycles. The van der Waals surface area contributed by atoms with Gasteiger partial charge in [0.2, 0.25) is 5.60 Å². The van der Waals surface area contributed by atoms with Crippen molar-refractivity contribution in [1.29, 1.82) is 5.26 Å². The average Bonchev–Trinajstić information content (AvgIpc) is 2.73. The minimum absolute atomic E-state index is 0.0976. The van der Waals surface area contributed by atoms with Crippen molar-refractivity contribution in [2.75, 3.05) is 0 Å². The van der Waals surface area contributed by atoms with E-state index in [9.17, 15) is 10.4 Å². The van der Waals surface area contributed by atoms with Gasteiger partial charge in [0.15, 0.2) is 5.82 Å². The fourth-order valence-electron chi connectivity index (χ4n) is 1.63. The first kappa shape index (κ1) is 12.8. The van der Waals surface area contributed by atoms with Gasteiger partial charge in [-0.2, -0.15) is 5.26 Å². The van der Waals surface area contributed by atoms with Crippen molar-refractivity contribution in [3.63, 3.8) is 0 Å². The van der Waals surface area contributed by atoms with E-state index < -0.39 is 5.60 Å². The van der Waals surface area contributed by atoms with Gasteiger partial charge < -0.3 is 9.67 Å².